The van der Waals surface area contributed by atoms with E-state index in [1.54, 1.807) is 0 Å². The van der Waals surface area contributed by atoms with E-state index in [0.717, 1.165) is 81.5 Å². The number of nitrogens with zero attached hydrogens (tertiary/aromatic N) is 3. The van der Waals surface area contributed by atoms with Gasteiger partial charge in [-0.25, -0.2) is 0 Å². The molecule has 46 heavy (non-hydrogen) atoms. The van der Waals surface area contributed by atoms with Gasteiger partial charge >= 0.3 is 16.5 Å². The molecule has 4 heterocycles. The van der Waals surface area contributed by atoms with Gasteiger partial charge < -0.3 is 4.98 Å². The Morgan fingerprint density at radius 3 is 1.46 bits per heavy atom. The third-order valence-corrected chi connectivity index (χ3v) is 9.63. The molecule has 0 unspecified atom stereocenters. The topological polar surface area (TPSA) is 38.8 Å². The van der Waals surface area contributed by atoms with E-state index < -0.39 is 0 Å². The van der Waals surface area contributed by atoms with E-state index in [2.05, 4.69) is 127 Å². The van der Waals surface area contributed by atoms with E-state index in [4.69, 9.17) is 15.0 Å². The third kappa shape index (κ3) is 5.33. The second kappa shape index (κ2) is 12.9. The van der Waals surface area contributed by atoms with Gasteiger partial charge in [0.25, 0.3) is 0 Å². The molecule has 2 aromatic rings. The van der Waals surface area contributed by atoms with Crippen molar-refractivity contribution in [1.29, 1.82) is 0 Å². The Labute approximate surface area is 283 Å². The average molecular weight is 644 g/mol. The molecule has 3 nitrogen and oxygen atoms in total. The van der Waals surface area contributed by atoms with Crippen LogP contribution >= 0.6 is 0 Å². The van der Waals surface area contributed by atoms with Gasteiger partial charge in [-0.3, -0.25) is 9.98 Å². The van der Waals surface area contributed by atoms with Crippen LogP contribution in [0.1, 0.15) is 76.6 Å². The molecule has 0 N–H and O–H groups in total. The zero-order valence-corrected chi connectivity index (χ0v) is 28.5. The van der Waals surface area contributed by atoms with Crippen LogP contribution in [-0.4, -0.2) is 11.4 Å². The van der Waals surface area contributed by atoms with Gasteiger partial charge in [-0.1, -0.05) is 118 Å². The number of fused-ring (bicyclic) bond motifs is 9. The number of aliphatic imine (C=N–C) groups is 2. The molecule has 1 aromatic carbocycles. The largest absolute Gasteiger partial charge is 2.00 e. The van der Waals surface area contributed by atoms with Crippen molar-refractivity contribution in [2.75, 3.05) is 0 Å². The van der Waals surface area contributed by atoms with Crippen LogP contribution in [0.25, 0.3) is 46.6 Å². The molecule has 8 bridgehead atoms. The standard InChI is InChI=1S/C42H39N3.Ni/c1-7-31-25(5)37-23-41-33(9-3)34(10-4)42(45-41)24-38-26(6)32(8-2)40(44-38)22-30-20-29(21-39(31)43-37)35-18-16-28(17-19-36(30)35)27-14-12-11-13-15-27;/h11-19,21-24H,7-10H2,1-6H3;/q-2;+2. The summed E-state index contributed by atoms with van der Waals surface area (Å²) in [6.07, 6.45) is 12.6. The van der Waals surface area contributed by atoms with Gasteiger partial charge in [-0.05, 0) is 73.0 Å². The minimum atomic E-state index is 0. The Kier molecular flexibility index (Phi) is 8.86. The summed E-state index contributed by atoms with van der Waals surface area (Å²) in [5.74, 6) is 0. The first-order valence-corrected chi connectivity index (χ1v) is 16.4. The number of rotatable bonds is 5. The summed E-state index contributed by atoms with van der Waals surface area (Å²) in [5.41, 5.74) is 18.5. The quantitative estimate of drug-likeness (QED) is 0.158. The smallest absolute Gasteiger partial charge is 0.657 e. The Hall–Kier alpha value is -4.27. The number of hydrogen-bond donors (Lipinski definition) is 0. The van der Waals surface area contributed by atoms with E-state index in [-0.39, 0.29) is 16.5 Å². The molecular weight excluding hydrogens is 605 g/mol. The summed E-state index contributed by atoms with van der Waals surface area (Å²) in [5, 5.41) is 2.06. The predicted molar refractivity (Wildman–Crippen MR) is 191 cm³/mol. The zero-order chi connectivity index (χ0) is 31.2. The molecule has 4 heteroatoms. The normalized spacial score (nSPS) is 15.6. The Balaban J connectivity index is 0.00000372. The summed E-state index contributed by atoms with van der Waals surface area (Å²) in [6, 6.07) is 23.3. The fraction of sp³-hybridized carbons (Fsp3) is 0.238. The van der Waals surface area contributed by atoms with Gasteiger partial charge in [-0.2, -0.15) is 0 Å². The first-order chi connectivity index (χ1) is 21.9. The van der Waals surface area contributed by atoms with E-state index in [1.807, 2.05) is 0 Å². The van der Waals surface area contributed by atoms with Crippen molar-refractivity contribution in [2.45, 2.75) is 67.2 Å². The summed E-state index contributed by atoms with van der Waals surface area (Å²) in [6.45, 7) is 13.3. The van der Waals surface area contributed by atoms with Crippen LogP contribution in [0, 0.1) is 6.07 Å². The molecule has 0 radical (unpaired) electrons. The van der Waals surface area contributed by atoms with Gasteiger partial charge in [0.2, 0.25) is 0 Å². The molecule has 5 aliphatic rings. The van der Waals surface area contributed by atoms with Gasteiger partial charge in [0.1, 0.15) is 0 Å². The summed E-state index contributed by atoms with van der Waals surface area (Å²) >= 11 is 0. The maximum atomic E-state index is 5.24. The SMILES string of the molecule is CCC1=C(C)C2=NC1=Cc1[c-]c(c3ccc(-c4ccccc4)ccc1-3)C=C1N=C(C=c3[n-]c(c(CC)c3CC)=C2)C(C)=C1CC.[Ni+2]. The van der Waals surface area contributed by atoms with Crippen LogP contribution in [0.5, 0.6) is 0 Å². The molecule has 232 valence electrons. The molecule has 0 amide bonds. The minimum absolute atomic E-state index is 0. The molecule has 0 saturated carbocycles. The molecule has 7 rings (SSSR count). The fourth-order valence-electron chi connectivity index (χ4n) is 7.18. The second-order valence-electron chi connectivity index (χ2n) is 12.1. The maximum Gasteiger partial charge on any atom is 2.00 e. The van der Waals surface area contributed by atoms with Crippen molar-refractivity contribution in [2.24, 2.45) is 9.98 Å². The van der Waals surface area contributed by atoms with E-state index in [9.17, 15) is 0 Å². The summed E-state index contributed by atoms with van der Waals surface area (Å²) in [4.78, 5) is 15.7. The molecule has 3 aliphatic heterocycles. The van der Waals surface area contributed by atoms with E-state index in [1.165, 1.54) is 44.5 Å². The van der Waals surface area contributed by atoms with Crippen molar-refractivity contribution < 1.29 is 16.5 Å². The Bertz CT molecular complexity index is 2020. The Morgan fingerprint density at radius 2 is 1.02 bits per heavy atom. The average Bonchev–Trinajstić information content (AvgIpc) is 3.68. The van der Waals surface area contributed by atoms with E-state index in [0.29, 0.717) is 0 Å². The monoisotopic (exact) mass is 643 g/mol. The molecule has 0 fully saturated rings. The molecule has 1 aromatic heterocycles. The molecule has 0 atom stereocenters. The first-order valence-electron chi connectivity index (χ1n) is 16.4. The first kappa shape index (κ1) is 31.7. The van der Waals surface area contributed by atoms with Crippen LogP contribution in [0.4, 0.5) is 0 Å². The molecular formula is C42H39N3Ni. The van der Waals surface area contributed by atoms with Gasteiger partial charge in [0.05, 0.1) is 11.4 Å². The fourth-order valence-corrected chi connectivity index (χ4v) is 7.18. The van der Waals surface area contributed by atoms with Crippen LogP contribution in [0.15, 0.2) is 98.3 Å². The third-order valence-electron chi connectivity index (χ3n) is 9.63. The summed E-state index contributed by atoms with van der Waals surface area (Å²) < 4.78 is 0. The number of benzene rings is 1. The molecule has 0 saturated heterocycles. The minimum Gasteiger partial charge on any atom is -0.657 e. The van der Waals surface area contributed by atoms with Crippen LogP contribution in [0.2, 0.25) is 0 Å². The van der Waals surface area contributed by atoms with Gasteiger partial charge in [-0.15, -0.1) is 39.0 Å². The van der Waals surface area contributed by atoms with Gasteiger partial charge in [0, 0.05) is 11.4 Å². The van der Waals surface area contributed by atoms with Crippen molar-refractivity contribution in [1.82, 2.24) is 4.98 Å². The van der Waals surface area contributed by atoms with Crippen molar-refractivity contribution in [3.05, 3.63) is 127 Å². The predicted octanol–water partition coefficient (Wildman–Crippen LogP) is 8.66. The second-order valence-corrected chi connectivity index (χ2v) is 12.1. The van der Waals surface area contributed by atoms with Crippen molar-refractivity contribution in [3.63, 3.8) is 0 Å². The number of aromatic nitrogens is 1. The molecule has 0 spiro atoms. The zero-order valence-electron chi connectivity index (χ0n) is 27.5. The van der Waals surface area contributed by atoms with Crippen LogP contribution in [0.3, 0.4) is 0 Å². The van der Waals surface area contributed by atoms with Crippen molar-refractivity contribution >= 4 is 35.7 Å². The van der Waals surface area contributed by atoms with Crippen molar-refractivity contribution in [3.8, 4) is 22.3 Å². The van der Waals surface area contributed by atoms with Crippen LogP contribution < -0.4 is 15.7 Å². The Morgan fingerprint density at radius 1 is 0.565 bits per heavy atom. The maximum absolute atomic E-state index is 5.24. The van der Waals surface area contributed by atoms with Crippen LogP contribution in [-0.2, 0) is 29.3 Å². The summed E-state index contributed by atoms with van der Waals surface area (Å²) in [7, 11) is 0. The van der Waals surface area contributed by atoms with E-state index >= 15 is 0 Å². The van der Waals surface area contributed by atoms with Gasteiger partial charge in [0.15, 0.2) is 0 Å². The number of allylic oxidation sites excluding steroid dienone is 4. The molecule has 2 aliphatic carbocycles. The number of hydrogen-bond acceptors (Lipinski definition) is 2.